The number of carboxylic acid groups (broad SMARTS) is 2. The van der Waals surface area contributed by atoms with Gasteiger partial charge in [-0.15, -0.1) is 0 Å². The molecule has 0 fully saturated rings. The van der Waals surface area contributed by atoms with E-state index in [2.05, 4.69) is 5.32 Å². The zero-order valence-corrected chi connectivity index (χ0v) is 7.77. The molecule has 0 radical (unpaired) electrons. The smallest absolute Gasteiger partial charge is 0.328 e. The number of amides is 2. The highest BCUT2D eigenvalue weighted by atomic mass is 16.4. The summed E-state index contributed by atoms with van der Waals surface area (Å²) >= 11 is 0. The van der Waals surface area contributed by atoms with E-state index in [1.807, 2.05) is 5.32 Å². The van der Waals surface area contributed by atoms with Gasteiger partial charge in [-0.1, -0.05) is 0 Å². The van der Waals surface area contributed by atoms with Crippen molar-refractivity contribution in [2.75, 3.05) is 13.2 Å². The second kappa shape index (κ2) is 6.60. The van der Waals surface area contributed by atoms with Crippen LogP contribution in [0.1, 0.15) is 6.42 Å². The Balaban J connectivity index is 3.81. The average molecular weight is 220 g/mol. The van der Waals surface area contributed by atoms with Gasteiger partial charge in [0.2, 0.25) is 0 Å². The second-order valence-electron chi connectivity index (χ2n) is 2.62. The molecule has 86 valence electrons. The van der Waals surface area contributed by atoms with E-state index in [0.29, 0.717) is 0 Å². The van der Waals surface area contributed by atoms with Gasteiger partial charge in [0.1, 0.15) is 0 Å². The highest BCUT2D eigenvalue weighted by molar-refractivity contribution is 5.82. The topological polar surface area (TPSA) is 136 Å². The highest BCUT2D eigenvalue weighted by Gasteiger charge is 2.18. The number of urea groups is 1. The van der Waals surface area contributed by atoms with E-state index in [4.69, 9.17) is 15.3 Å². The van der Waals surface area contributed by atoms with E-state index in [1.54, 1.807) is 0 Å². The number of rotatable bonds is 6. The van der Waals surface area contributed by atoms with E-state index < -0.39 is 30.6 Å². The first kappa shape index (κ1) is 13.2. The molecule has 0 aromatic carbocycles. The Hall–Kier alpha value is -1.83. The summed E-state index contributed by atoms with van der Waals surface area (Å²) in [6, 6.07) is -2.23. The largest absolute Gasteiger partial charge is 0.481 e. The van der Waals surface area contributed by atoms with Gasteiger partial charge in [0, 0.05) is 6.54 Å². The number of nitrogens with one attached hydrogen (secondary N) is 2. The lowest BCUT2D eigenvalue weighted by Gasteiger charge is -2.11. The Morgan fingerprint density at radius 2 is 1.80 bits per heavy atom. The van der Waals surface area contributed by atoms with Crippen molar-refractivity contribution in [2.24, 2.45) is 0 Å². The number of aliphatic hydroxyl groups excluding tert-OH is 1. The van der Waals surface area contributed by atoms with Crippen molar-refractivity contribution in [1.82, 2.24) is 10.6 Å². The van der Waals surface area contributed by atoms with Crippen LogP contribution in [0.2, 0.25) is 0 Å². The molecule has 0 heterocycles. The van der Waals surface area contributed by atoms with Crippen LogP contribution in [-0.4, -0.2) is 52.5 Å². The number of carbonyl (C=O) groups is 3. The van der Waals surface area contributed by atoms with Crippen molar-refractivity contribution in [2.45, 2.75) is 12.5 Å². The lowest BCUT2D eigenvalue weighted by atomic mass is 10.3. The summed E-state index contributed by atoms with van der Waals surface area (Å²) in [4.78, 5) is 31.3. The van der Waals surface area contributed by atoms with Crippen LogP contribution < -0.4 is 10.6 Å². The van der Waals surface area contributed by atoms with Gasteiger partial charge in [-0.25, -0.2) is 9.59 Å². The number of carbonyl (C=O) groups excluding carboxylic acids is 1. The van der Waals surface area contributed by atoms with E-state index >= 15 is 0 Å². The van der Waals surface area contributed by atoms with Crippen LogP contribution in [0.3, 0.4) is 0 Å². The van der Waals surface area contributed by atoms with Crippen molar-refractivity contribution in [1.29, 1.82) is 0 Å². The summed E-state index contributed by atoms with van der Waals surface area (Å²) < 4.78 is 0. The van der Waals surface area contributed by atoms with Crippen molar-refractivity contribution < 1.29 is 29.7 Å². The molecular weight excluding hydrogens is 208 g/mol. The van der Waals surface area contributed by atoms with Gasteiger partial charge in [-0.2, -0.15) is 0 Å². The van der Waals surface area contributed by atoms with Crippen LogP contribution in [-0.2, 0) is 9.59 Å². The molecule has 0 aliphatic rings. The molecule has 0 aromatic rings. The van der Waals surface area contributed by atoms with Crippen LogP contribution in [0.4, 0.5) is 4.79 Å². The first-order valence-corrected chi connectivity index (χ1v) is 4.07. The molecule has 0 spiro atoms. The summed E-state index contributed by atoms with van der Waals surface area (Å²) in [5.74, 6) is -2.45. The third kappa shape index (κ3) is 6.27. The molecule has 0 aliphatic heterocycles. The Bertz CT molecular complexity index is 254. The molecule has 0 saturated heterocycles. The first-order valence-electron chi connectivity index (χ1n) is 4.07. The highest BCUT2D eigenvalue weighted by Crippen LogP contribution is 1.82. The quantitative estimate of drug-likeness (QED) is 0.358. The molecular formula is C7H12N2O6. The lowest BCUT2D eigenvalue weighted by molar-refractivity contribution is -0.140. The molecule has 8 nitrogen and oxygen atoms in total. The molecule has 5 N–H and O–H groups in total. The van der Waals surface area contributed by atoms with Crippen LogP contribution >= 0.6 is 0 Å². The van der Waals surface area contributed by atoms with Crippen molar-refractivity contribution >= 4 is 18.0 Å². The number of aliphatic carboxylic acids is 2. The minimum Gasteiger partial charge on any atom is -0.481 e. The molecule has 2 amide bonds. The summed E-state index contributed by atoms with van der Waals surface area (Å²) in [6.45, 7) is -0.847. The van der Waals surface area contributed by atoms with Gasteiger partial charge in [-0.05, 0) is 0 Å². The van der Waals surface area contributed by atoms with Gasteiger partial charge in [0.15, 0.2) is 6.04 Å². The molecule has 15 heavy (non-hydrogen) atoms. The van der Waals surface area contributed by atoms with E-state index in [0.717, 1.165) is 0 Å². The minimum atomic E-state index is -1.39. The molecule has 0 bridgehead atoms. The molecule has 8 heteroatoms. The lowest BCUT2D eigenvalue weighted by Crippen LogP contribution is -2.48. The van der Waals surface area contributed by atoms with Crippen molar-refractivity contribution in [3.8, 4) is 0 Å². The summed E-state index contributed by atoms with van der Waals surface area (Å²) in [7, 11) is 0. The van der Waals surface area contributed by atoms with Crippen LogP contribution in [0.15, 0.2) is 0 Å². The summed E-state index contributed by atoms with van der Waals surface area (Å²) in [6.07, 6.45) is -0.260. The Morgan fingerprint density at radius 3 is 2.20 bits per heavy atom. The van der Waals surface area contributed by atoms with Crippen molar-refractivity contribution in [3.05, 3.63) is 0 Å². The predicted molar refractivity (Wildman–Crippen MR) is 47.3 cm³/mol. The zero-order valence-electron chi connectivity index (χ0n) is 7.77. The maximum absolute atomic E-state index is 10.9. The predicted octanol–water partition coefficient (Wildman–Crippen LogP) is -1.79. The van der Waals surface area contributed by atoms with Gasteiger partial charge in [0.05, 0.1) is 13.0 Å². The fraction of sp³-hybridized carbons (Fsp3) is 0.571. The molecule has 1 unspecified atom stereocenters. The normalized spacial score (nSPS) is 11.5. The van der Waals surface area contributed by atoms with E-state index in [1.165, 1.54) is 0 Å². The first-order chi connectivity index (χ1) is 6.97. The standard InChI is InChI=1S/C7H12N2O6/c10-3-4(6(13)14)9-7(15)8-2-1-5(11)12/h4,10H,1-3H2,(H,11,12)(H,13,14)(H2,8,9,15). The zero-order chi connectivity index (χ0) is 11.8. The number of hydrogen-bond donors (Lipinski definition) is 5. The summed E-state index contributed by atoms with van der Waals surface area (Å²) in [5, 5.41) is 29.3. The Labute approximate surface area is 84.9 Å². The number of hydrogen-bond acceptors (Lipinski definition) is 4. The van der Waals surface area contributed by atoms with Crippen molar-refractivity contribution in [3.63, 3.8) is 0 Å². The molecule has 0 saturated carbocycles. The Morgan fingerprint density at radius 1 is 1.20 bits per heavy atom. The SMILES string of the molecule is O=C(O)CCNC(=O)NC(CO)C(=O)O. The molecule has 1 atom stereocenters. The number of carboxylic acids is 2. The van der Waals surface area contributed by atoms with Gasteiger partial charge in [-0.3, -0.25) is 4.79 Å². The molecule has 0 aromatic heterocycles. The fourth-order valence-electron chi connectivity index (χ4n) is 0.678. The average Bonchev–Trinajstić information content (AvgIpc) is 2.13. The minimum absolute atomic E-state index is 0.112. The third-order valence-corrected chi connectivity index (χ3v) is 1.41. The van der Waals surface area contributed by atoms with Gasteiger partial charge in [0.25, 0.3) is 0 Å². The molecule has 0 rings (SSSR count). The second-order valence-corrected chi connectivity index (χ2v) is 2.62. The van der Waals surface area contributed by atoms with E-state index in [9.17, 15) is 14.4 Å². The Kier molecular flexibility index (Phi) is 5.79. The van der Waals surface area contributed by atoms with E-state index in [-0.39, 0.29) is 13.0 Å². The maximum atomic E-state index is 10.9. The van der Waals surface area contributed by atoms with Crippen LogP contribution in [0, 0.1) is 0 Å². The van der Waals surface area contributed by atoms with Crippen LogP contribution in [0.5, 0.6) is 0 Å². The van der Waals surface area contributed by atoms with Gasteiger partial charge < -0.3 is 26.0 Å². The fourth-order valence-corrected chi connectivity index (χ4v) is 0.678. The van der Waals surface area contributed by atoms with Crippen LogP contribution in [0.25, 0.3) is 0 Å². The third-order valence-electron chi connectivity index (χ3n) is 1.41. The number of aliphatic hydroxyl groups is 1. The summed E-state index contributed by atoms with van der Waals surface area (Å²) in [5.41, 5.74) is 0. The maximum Gasteiger partial charge on any atom is 0.328 e. The molecule has 0 aliphatic carbocycles. The van der Waals surface area contributed by atoms with Gasteiger partial charge >= 0.3 is 18.0 Å². The monoisotopic (exact) mass is 220 g/mol.